The monoisotopic (exact) mass is 285 g/mol. The Morgan fingerprint density at radius 3 is 2.95 bits per heavy atom. The van der Waals surface area contributed by atoms with Gasteiger partial charge >= 0.3 is 0 Å². The highest BCUT2D eigenvalue weighted by molar-refractivity contribution is 5.40. The van der Waals surface area contributed by atoms with Crippen molar-refractivity contribution in [3.63, 3.8) is 0 Å². The second kappa shape index (κ2) is 6.35. The molecule has 0 saturated carbocycles. The van der Waals surface area contributed by atoms with E-state index in [9.17, 15) is 0 Å². The maximum Gasteiger partial charge on any atom is 0.122 e. The van der Waals surface area contributed by atoms with Crippen molar-refractivity contribution in [2.24, 2.45) is 0 Å². The van der Waals surface area contributed by atoms with Gasteiger partial charge in [0.05, 0.1) is 12.9 Å². The molecule has 0 spiro atoms. The van der Waals surface area contributed by atoms with Gasteiger partial charge in [-0.05, 0) is 42.7 Å². The summed E-state index contributed by atoms with van der Waals surface area (Å²) in [5.74, 6) is 2.09. The fourth-order valence-corrected chi connectivity index (χ4v) is 3.01. The van der Waals surface area contributed by atoms with Crippen LogP contribution in [0.5, 0.6) is 5.75 Å². The maximum absolute atomic E-state index is 5.59. The summed E-state index contributed by atoms with van der Waals surface area (Å²) in [6.45, 7) is 5.25. The van der Waals surface area contributed by atoms with Gasteiger partial charge in [-0.3, -0.25) is 0 Å². The van der Waals surface area contributed by atoms with Crippen LogP contribution in [0.3, 0.4) is 0 Å². The normalized spacial score (nSPS) is 16.3. The highest BCUT2D eigenvalue weighted by atomic mass is 16.5. The fraction of sp³-hybridized carbons (Fsp3) is 0.444. The van der Waals surface area contributed by atoms with Gasteiger partial charge in [0.1, 0.15) is 11.5 Å². The first-order valence-corrected chi connectivity index (χ1v) is 7.80. The Hall–Kier alpha value is -1.74. The molecule has 21 heavy (non-hydrogen) atoms. The van der Waals surface area contributed by atoms with E-state index < -0.39 is 0 Å². The molecule has 0 fully saturated rings. The standard InChI is InChI=1S/C18H23NO2/c1-3-17(19-13(2)11-16-5-4-9-20-16)14-6-7-18-15(12-14)8-10-21-18/h4-7,9,12-13,17,19H,3,8,10-11H2,1-2H3. The number of benzene rings is 1. The van der Waals surface area contributed by atoms with Gasteiger partial charge in [-0.1, -0.05) is 19.1 Å². The zero-order valence-corrected chi connectivity index (χ0v) is 12.8. The van der Waals surface area contributed by atoms with E-state index in [1.165, 1.54) is 11.1 Å². The van der Waals surface area contributed by atoms with E-state index in [1.54, 1.807) is 6.26 Å². The van der Waals surface area contributed by atoms with Crippen LogP contribution in [0.25, 0.3) is 0 Å². The van der Waals surface area contributed by atoms with Gasteiger partial charge in [-0.25, -0.2) is 0 Å². The summed E-state index contributed by atoms with van der Waals surface area (Å²) in [4.78, 5) is 0. The van der Waals surface area contributed by atoms with E-state index in [1.807, 2.05) is 12.1 Å². The van der Waals surface area contributed by atoms with Gasteiger partial charge < -0.3 is 14.5 Å². The quantitative estimate of drug-likeness (QED) is 0.874. The average Bonchev–Trinajstić information content (AvgIpc) is 3.14. The van der Waals surface area contributed by atoms with Crippen molar-refractivity contribution < 1.29 is 9.15 Å². The number of hydrogen-bond acceptors (Lipinski definition) is 3. The third-order valence-corrected chi connectivity index (χ3v) is 4.10. The Balaban J connectivity index is 1.67. The lowest BCUT2D eigenvalue weighted by atomic mass is 9.99. The van der Waals surface area contributed by atoms with E-state index in [2.05, 4.69) is 37.4 Å². The number of hydrogen-bond donors (Lipinski definition) is 1. The van der Waals surface area contributed by atoms with E-state index >= 15 is 0 Å². The summed E-state index contributed by atoms with van der Waals surface area (Å²) < 4.78 is 11.0. The SMILES string of the molecule is CCC(NC(C)Cc1ccco1)c1ccc2c(c1)CCO2. The molecule has 0 saturated heterocycles. The number of nitrogens with one attached hydrogen (secondary N) is 1. The van der Waals surface area contributed by atoms with Crippen LogP contribution >= 0.6 is 0 Å². The highest BCUT2D eigenvalue weighted by Gasteiger charge is 2.17. The van der Waals surface area contributed by atoms with Crippen LogP contribution in [0.4, 0.5) is 0 Å². The summed E-state index contributed by atoms with van der Waals surface area (Å²) in [6.07, 6.45) is 4.75. The fourth-order valence-electron chi connectivity index (χ4n) is 3.01. The highest BCUT2D eigenvalue weighted by Crippen LogP contribution is 2.29. The molecular weight excluding hydrogens is 262 g/mol. The zero-order valence-electron chi connectivity index (χ0n) is 12.8. The second-order valence-electron chi connectivity index (χ2n) is 5.78. The minimum atomic E-state index is 0.376. The summed E-state index contributed by atoms with van der Waals surface area (Å²) in [5.41, 5.74) is 2.69. The van der Waals surface area contributed by atoms with Gasteiger partial charge in [0.25, 0.3) is 0 Å². The summed E-state index contributed by atoms with van der Waals surface area (Å²) in [5, 5.41) is 3.71. The Bertz CT molecular complexity index is 577. The molecule has 112 valence electrons. The first kappa shape index (κ1) is 14.2. The Kier molecular flexibility index (Phi) is 4.30. The van der Waals surface area contributed by atoms with Gasteiger partial charge in [-0.2, -0.15) is 0 Å². The number of furan rings is 1. The largest absolute Gasteiger partial charge is 0.493 e. The minimum Gasteiger partial charge on any atom is -0.493 e. The van der Waals surface area contributed by atoms with Gasteiger partial charge in [0.2, 0.25) is 0 Å². The molecular formula is C18H23NO2. The van der Waals surface area contributed by atoms with Gasteiger partial charge in [0, 0.05) is 24.9 Å². The molecule has 2 atom stereocenters. The first-order chi connectivity index (χ1) is 10.3. The van der Waals surface area contributed by atoms with E-state index in [-0.39, 0.29) is 0 Å². The van der Waals surface area contributed by atoms with Crippen LogP contribution in [0.1, 0.15) is 43.2 Å². The van der Waals surface area contributed by atoms with Crippen LogP contribution in [0.15, 0.2) is 41.0 Å². The Morgan fingerprint density at radius 1 is 1.29 bits per heavy atom. The second-order valence-corrected chi connectivity index (χ2v) is 5.78. The average molecular weight is 285 g/mol. The lowest BCUT2D eigenvalue weighted by Gasteiger charge is -2.22. The third kappa shape index (κ3) is 3.30. The van der Waals surface area contributed by atoms with Crippen molar-refractivity contribution in [1.29, 1.82) is 0 Å². The first-order valence-electron chi connectivity index (χ1n) is 7.80. The summed E-state index contributed by atoms with van der Waals surface area (Å²) in [7, 11) is 0. The van der Waals surface area contributed by atoms with Crippen molar-refractivity contribution in [3.8, 4) is 5.75 Å². The lowest BCUT2D eigenvalue weighted by Crippen LogP contribution is -2.31. The molecule has 0 bridgehead atoms. The molecule has 1 aliphatic heterocycles. The van der Waals surface area contributed by atoms with Crippen molar-refractivity contribution in [2.45, 2.75) is 45.2 Å². The maximum atomic E-state index is 5.59. The van der Waals surface area contributed by atoms with Gasteiger partial charge in [0.15, 0.2) is 0 Å². The zero-order chi connectivity index (χ0) is 14.7. The van der Waals surface area contributed by atoms with Crippen LogP contribution in [-0.4, -0.2) is 12.6 Å². The topological polar surface area (TPSA) is 34.4 Å². The van der Waals surface area contributed by atoms with Gasteiger partial charge in [-0.15, -0.1) is 0 Å². The number of rotatable bonds is 6. The molecule has 0 radical (unpaired) electrons. The predicted molar refractivity (Wildman–Crippen MR) is 83.7 cm³/mol. The molecule has 1 aromatic heterocycles. The van der Waals surface area contributed by atoms with Crippen LogP contribution in [-0.2, 0) is 12.8 Å². The molecule has 2 unspecified atom stereocenters. The van der Waals surface area contributed by atoms with Crippen LogP contribution < -0.4 is 10.1 Å². The minimum absolute atomic E-state index is 0.376. The Morgan fingerprint density at radius 2 is 2.19 bits per heavy atom. The molecule has 1 aliphatic rings. The molecule has 3 nitrogen and oxygen atoms in total. The number of ether oxygens (including phenoxy) is 1. The number of fused-ring (bicyclic) bond motifs is 1. The molecule has 0 aliphatic carbocycles. The molecule has 2 aromatic rings. The molecule has 1 aromatic carbocycles. The van der Waals surface area contributed by atoms with Crippen LogP contribution in [0.2, 0.25) is 0 Å². The third-order valence-electron chi connectivity index (χ3n) is 4.10. The summed E-state index contributed by atoms with van der Waals surface area (Å²) in [6, 6.07) is 11.3. The van der Waals surface area contributed by atoms with E-state index in [0.29, 0.717) is 12.1 Å². The molecule has 2 heterocycles. The van der Waals surface area contributed by atoms with Crippen LogP contribution in [0, 0.1) is 0 Å². The predicted octanol–water partition coefficient (Wildman–Crippen LogP) is 3.89. The molecule has 0 amide bonds. The van der Waals surface area contributed by atoms with Crippen molar-refractivity contribution >= 4 is 0 Å². The van der Waals surface area contributed by atoms with Crippen molar-refractivity contribution in [2.75, 3.05) is 6.61 Å². The van der Waals surface area contributed by atoms with Crippen molar-refractivity contribution in [1.82, 2.24) is 5.32 Å². The summed E-state index contributed by atoms with van der Waals surface area (Å²) >= 11 is 0. The smallest absolute Gasteiger partial charge is 0.122 e. The van der Waals surface area contributed by atoms with E-state index in [0.717, 1.165) is 37.4 Å². The van der Waals surface area contributed by atoms with E-state index in [4.69, 9.17) is 9.15 Å². The Labute approximate surface area is 126 Å². The molecule has 1 N–H and O–H groups in total. The molecule has 3 rings (SSSR count). The molecule has 3 heteroatoms. The lowest BCUT2D eigenvalue weighted by molar-refractivity contribution is 0.356. The van der Waals surface area contributed by atoms with Crippen molar-refractivity contribution in [3.05, 3.63) is 53.5 Å².